The number of nitrogens with zero attached hydrogens (tertiary/aromatic N) is 1. The largest absolute Gasteiger partial charge is 0.492 e. The van der Waals surface area contributed by atoms with E-state index in [4.69, 9.17) is 18.0 Å². The number of thioether (sulfide) groups is 1. The number of aromatic hydroxyl groups is 1. The van der Waals surface area contributed by atoms with E-state index in [2.05, 4.69) is 15.3 Å². The maximum atomic E-state index is 11.2. The van der Waals surface area contributed by atoms with E-state index in [1.54, 1.807) is 0 Å². The van der Waals surface area contributed by atoms with E-state index in [0.717, 1.165) is 12.2 Å². The van der Waals surface area contributed by atoms with Gasteiger partial charge in [0, 0.05) is 0 Å². The van der Waals surface area contributed by atoms with Crippen LogP contribution in [0.3, 0.4) is 0 Å². The van der Waals surface area contributed by atoms with Gasteiger partial charge in [0.1, 0.15) is 4.32 Å². The summed E-state index contributed by atoms with van der Waals surface area (Å²) in [7, 11) is 0. The molecule has 1 aromatic heterocycles. The second-order valence-corrected chi connectivity index (χ2v) is 4.68. The lowest BCUT2D eigenvalue weighted by atomic mass is 10.5. The molecule has 1 rings (SSSR count). The van der Waals surface area contributed by atoms with E-state index >= 15 is 0 Å². The molecule has 0 unspecified atom stereocenters. The second kappa shape index (κ2) is 7.36. The molecule has 17 heavy (non-hydrogen) atoms. The molecule has 0 fully saturated rings. The molecule has 6 nitrogen and oxygen atoms in total. The lowest BCUT2D eigenvalue weighted by molar-refractivity contribution is 0.455. The van der Waals surface area contributed by atoms with E-state index < -0.39 is 11.4 Å². The Labute approximate surface area is 114 Å². The number of aromatic amines is 1. The molecule has 1 aromatic rings. The van der Waals surface area contributed by atoms with Crippen molar-refractivity contribution in [3.63, 3.8) is 0 Å². The third-order valence-corrected chi connectivity index (χ3v) is 3.03. The van der Waals surface area contributed by atoms with Crippen molar-refractivity contribution in [3.05, 3.63) is 10.4 Å². The number of hydrogen-bond acceptors (Lipinski definition) is 6. The van der Waals surface area contributed by atoms with E-state index in [9.17, 15) is 9.90 Å². The number of thiocarbonyl (C=S) groups is 1. The maximum Gasteiger partial charge on any atom is 0.279 e. The number of H-pyrrole nitrogens is 1. The SMILES string of the molecule is CCCSC(=S)Nc1nc(O)c(N)c(=O)[nH]1.Cl. The third kappa shape index (κ3) is 4.80. The van der Waals surface area contributed by atoms with Crippen molar-refractivity contribution in [1.29, 1.82) is 0 Å². The molecular weight excluding hydrogens is 284 g/mol. The minimum atomic E-state index is -0.599. The van der Waals surface area contributed by atoms with E-state index in [0.29, 0.717) is 4.32 Å². The number of anilines is 2. The van der Waals surface area contributed by atoms with Crippen LogP contribution in [0.2, 0.25) is 0 Å². The molecule has 0 spiro atoms. The van der Waals surface area contributed by atoms with Gasteiger partial charge < -0.3 is 16.2 Å². The summed E-state index contributed by atoms with van der Waals surface area (Å²) in [6, 6.07) is 0. The topological polar surface area (TPSA) is 104 Å². The molecule has 5 N–H and O–H groups in total. The molecule has 0 bridgehead atoms. The van der Waals surface area contributed by atoms with Crippen LogP contribution >= 0.6 is 36.4 Å². The predicted molar refractivity (Wildman–Crippen MR) is 77.2 cm³/mol. The Hall–Kier alpha value is -0.990. The summed E-state index contributed by atoms with van der Waals surface area (Å²) in [5.74, 6) is 0.455. The fraction of sp³-hybridized carbons (Fsp3) is 0.375. The summed E-state index contributed by atoms with van der Waals surface area (Å²) in [4.78, 5) is 17.2. The molecule has 0 aliphatic carbocycles. The Morgan fingerprint density at radius 3 is 2.88 bits per heavy atom. The first-order valence-electron chi connectivity index (χ1n) is 4.57. The number of nitrogen functional groups attached to an aromatic ring is 1. The Morgan fingerprint density at radius 2 is 2.35 bits per heavy atom. The average Bonchev–Trinajstić information content (AvgIpc) is 2.23. The van der Waals surface area contributed by atoms with Crippen LogP contribution in [0.4, 0.5) is 11.6 Å². The van der Waals surface area contributed by atoms with Gasteiger partial charge in [0.25, 0.3) is 5.56 Å². The van der Waals surface area contributed by atoms with Gasteiger partial charge in [0.2, 0.25) is 11.8 Å². The molecule has 0 amide bonds. The van der Waals surface area contributed by atoms with Crippen LogP contribution in [0.25, 0.3) is 0 Å². The monoisotopic (exact) mass is 296 g/mol. The fourth-order valence-corrected chi connectivity index (χ4v) is 1.76. The maximum absolute atomic E-state index is 11.2. The molecule has 0 aromatic carbocycles. The molecule has 1 heterocycles. The number of hydrogen-bond donors (Lipinski definition) is 4. The Morgan fingerprint density at radius 1 is 1.71 bits per heavy atom. The van der Waals surface area contributed by atoms with E-state index in [1.165, 1.54) is 11.8 Å². The zero-order valence-electron chi connectivity index (χ0n) is 9.02. The molecule has 0 saturated heterocycles. The molecule has 0 atom stereocenters. The summed E-state index contributed by atoms with van der Waals surface area (Å²) < 4.78 is 0.481. The first-order valence-corrected chi connectivity index (χ1v) is 5.96. The first-order chi connectivity index (χ1) is 7.54. The molecule has 0 aliphatic rings. The molecule has 9 heteroatoms. The van der Waals surface area contributed by atoms with Crippen LogP contribution in [-0.2, 0) is 0 Å². The highest BCUT2D eigenvalue weighted by atomic mass is 35.5. The number of nitrogens with two attached hydrogens (primary N) is 1. The quantitative estimate of drug-likeness (QED) is 0.624. The summed E-state index contributed by atoms with van der Waals surface area (Å²) in [6.45, 7) is 2.03. The van der Waals surface area contributed by atoms with Crippen molar-refractivity contribution < 1.29 is 5.11 Å². The summed E-state index contributed by atoms with van der Waals surface area (Å²) in [5.41, 5.74) is 4.33. The highest BCUT2D eigenvalue weighted by Gasteiger charge is 2.07. The van der Waals surface area contributed by atoms with Crippen molar-refractivity contribution in [2.45, 2.75) is 13.3 Å². The van der Waals surface area contributed by atoms with Gasteiger partial charge in [-0.15, -0.1) is 12.4 Å². The smallest absolute Gasteiger partial charge is 0.279 e. The third-order valence-electron chi connectivity index (χ3n) is 1.59. The number of aromatic nitrogens is 2. The molecule has 0 aliphatic heterocycles. The highest BCUT2D eigenvalue weighted by Crippen LogP contribution is 2.13. The van der Waals surface area contributed by atoms with Gasteiger partial charge in [-0.1, -0.05) is 30.9 Å². The zero-order valence-corrected chi connectivity index (χ0v) is 11.5. The van der Waals surface area contributed by atoms with Crippen LogP contribution in [0.5, 0.6) is 5.88 Å². The highest BCUT2D eigenvalue weighted by molar-refractivity contribution is 8.23. The Bertz CT molecular complexity index is 452. The van der Waals surface area contributed by atoms with Crippen LogP contribution in [0.15, 0.2) is 4.79 Å². The number of rotatable bonds is 3. The minimum absolute atomic E-state index is 0. The summed E-state index contributed by atoms with van der Waals surface area (Å²) >= 11 is 6.43. The summed E-state index contributed by atoms with van der Waals surface area (Å²) in [5, 5.41) is 11.9. The molecule has 96 valence electrons. The predicted octanol–water partition coefficient (Wildman–Crippen LogP) is 1.32. The van der Waals surface area contributed by atoms with Crippen LogP contribution in [-0.4, -0.2) is 25.1 Å². The lowest BCUT2D eigenvalue weighted by Crippen LogP contribution is -2.17. The second-order valence-electron chi connectivity index (χ2n) is 2.91. The number of nitrogens with one attached hydrogen (secondary N) is 2. The Kier molecular flexibility index (Phi) is 6.93. The van der Waals surface area contributed by atoms with Crippen molar-refractivity contribution in [1.82, 2.24) is 9.97 Å². The Balaban J connectivity index is 0.00000256. The van der Waals surface area contributed by atoms with Gasteiger partial charge in [-0.2, -0.15) is 4.98 Å². The van der Waals surface area contributed by atoms with Crippen molar-refractivity contribution in [3.8, 4) is 5.88 Å². The van der Waals surface area contributed by atoms with Crippen molar-refractivity contribution >= 4 is 52.3 Å². The average molecular weight is 297 g/mol. The van der Waals surface area contributed by atoms with Gasteiger partial charge in [0.15, 0.2) is 5.69 Å². The fourth-order valence-electron chi connectivity index (χ4n) is 0.857. The van der Waals surface area contributed by atoms with E-state index in [-0.39, 0.29) is 24.0 Å². The van der Waals surface area contributed by atoms with Gasteiger partial charge in [-0.05, 0) is 12.2 Å². The lowest BCUT2D eigenvalue weighted by Gasteiger charge is -2.06. The van der Waals surface area contributed by atoms with E-state index in [1.807, 2.05) is 6.92 Å². The molecule has 0 saturated carbocycles. The molecule has 0 radical (unpaired) electrons. The standard InChI is InChI=1S/C8H12N4O2S2.ClH/c1-2-3-16-8(15)12-7-10-5(13)4(9)6(14)11-7;/h2-3,9H2,1H3,(H3,10,11,12,13,14,15);1H. The van der Waals surface area contributed by atoms with Gasteiger partial charge in [0.05, 0.1) is 0 Å². The van der Waals surface area contributed by atoms with Gasteiger partial charge >= 0.3 is 0 Å². The molecular formula is C8H13ClN4O2S2. The van der Waals surface area contributed by atoms with Crippen molar-refractivity contribution in [2.75, 3.05) is 16.8 Å². The normalized spacial score (nSPS) is 9.47. The first kappa shape index (κ1) is 16.0. The van der Waals surface area contributed by atoms with Crippen LogP contribution in [0, 0.1) is 0 Å². The minimum Gasteiger partial charge on any atom is -0.492 e. The zero-order chi connectivity index (χ0) is 12.1. The van der Waals surface area contributed by atoms with Gasteiger partial charge in [-0.3, -0.25) is 9.78 Å². The van der Waals surface area contributed by atoms with Crippen molar-refractivity contribution in [2.24, 2.45) is 0 Å². The number of halogens is 1. The summed E-state index contributed by atoms with van der Waals surface area (Å²) in [6.07, 6.45) is 0.990. The van der Waals surface area contributed by atoms with Crippen LogP contribution in [0.1, 0.15) is 13.3 Å². The van der Waals surface area contributed by atoms with Gasteiger partial charge in [-0.25, -0.2) is 0 Å². The van der Waals surface area contributed by atoms with Crippen LogP contribution < -0.4 is 16.6 Å².